The first-order chi connectivity index (χ1) is 9.46. The molecule has 0 fully saturated rings. The van der Waals surface area contributed by atoms with Crippen molar-refractivity contribution in [3.63, 3.8) is 0 Å². The molecule has 110 valence electrons. The van der Waals surface area contributed by atoms with E-state index in [2.05, 4.69) is 11.5 Å². The van der Waals surface area contributed by atoms with Crippen LogP contribution in [-0.4, -0.2) is 24.5 Å². The average molecular weight is 332 g/mol. The van der Waals surface area contributed by atoms with E-state index in [4.69, 9.17) is 10.7 Å². The molecule has 0 atom stereocenters. The summed E-state index contributed by atoms with van der Waals surface area (Å²) in [5.41, 5.74) is 1.66. The molecule has 0 unspecified atom stereocenters. The van der Waals surface area contributed by atoms with E-state index in [0.29, 0.717) is 5.39 Å². The second-order valence-electron chi connectivity index (χ2n) is 4.57. The van der Waals surface area contributed by atoms with Crippen molar-refractivity contribution in [1.29, 1.82) is 0 Å². The second kappa shape index (κ2) is 6.41. The fourth-order valence-electron chi connectivity index (χ4n) is 2.46. The van der Waals surface area contributed by atoms with E-state index in [9.17, 15) is 8.42 Å². The fraction of sp³-hybridized carbons (Fsp3) is 0.429. The minimum atomic E-state index is -3.73. The van der Waals surface area contributed by atoms with Gasteiger partial charge in [0.1, 0.15) is 4.90 Å². The van der Waals surface area contributed by atoms with Crippen LogP contribution in [0.4, 0.5) is 0 Å². The van der Waals surface area contributed by atoms with Crippen molar-refractivity contribution >= 4 is 42.4 Å². The molecule has 0 radical (unpaired) electrons. The SMILES string of the molecule is CCSCCCn1c(C)c(S(=O)(=O)Cl)c2ccccc21. The van der Waals surface area contributed by atoms with Crippen molar-refractivity contribution in [1.82, 2.24) is 4.57 Å². The zero-order valence-corrected chi connectivity index (χ0v) is 14.0. The predicted molar refractivity (Wildman–Crippen MR) is 87.3 cm³/mol. The number of halogens is 1. The van der Waals surface area contributed by atoms with Crippen LogP contribution in [0.15, 0.2) is 29.2 Å². The summed E-state index contributed by atoms with van der Waals surface area (Å²) in [4.78, 5) is 0.248. The molecular formula is C14H18ClNO2S2. The van der Waals surface area contributed by atoms with Gasteiger partial charge < -0.3 is 4.57 Å². The summed E-state index contributed by atoms with van der Waals surface area (Å²) < 4.78 is 25.7. The summed E-state index contributed by atoms with van der Waals surface area (Å²) in [6.07, 6.45) is 1.01. The molecule has 0 spiro atoms. The Balaban J connectivity index is 2.47. The molecule has 0 bridgehead atoms. The molecule has 0 aliphatic rings. The van der Waals surface area contributed by atoms with Crippen molar-refractivity contribution in [3.8, 4) is 0 Å². The first-order valence-corrected chi connectivity index (χ1v) is 10.0. The molecule has 3 nitrogen and oxygen atoms in total. The van der Waals surface area contributed by atoms with Crippen molar-refractivity contribution < 1.29 is 8.42 Å². The van der Waals surface area contributed by atoms with Gasteiger partial charge >= 0.3 is 0 Å². The average Bonchev–Trinajstić information content (AvgIpc) is 2.67. The molecule has 0 saturated carbocycles. The highest BCUT2D eigenvalue weighted by molar-refractivity contribution is 8.14. The van der Waals surface area contributed by atoms with Gasteiger partial charge in [-0.25, -0.2) is 8.42 Å². The third-order valence-corrected chi connectivity index (χ3v) is 5.74. The lowest BCUT2D eigenvalue weighted by Crippen LogP contribution is -2.03. The largest absolute Gasteiger partial charge is 0.343 e. The van der Waals surface area contributed by atoms with Crippen LogP contribution in [0.2, 0.25) is 0 Å². The molecule has 6 heteroatoms. The maximum Gasteiger partial charge on any atom is 0.263 e. The monoisotopic (exact) mass is 331 g/mol. The zero-order chi connectivity index (χ0) is 14.8. The highest BCUT2D eigenvalue weighted by Gasteiger charge is 2.22. The molecular weight excluding hydrogens is 314 g/mol. The summed E-state index contributed by atoms with van der Waals surface area (Å²) in [6, 6.07) is 7.52. The number of aromatic nitrogens is 1. The summed E-state index contributed by atoms with van der Waals surface area (Å²) in [7, 11) is 1.87. The maximum atomic E-state index is 11.8. The van der Waals surface area contributed by atoms with E-state index < -0.39 is 9.05 Å². The highest BCUT2D eigenvalue weighted by Crippen LogP contribution is 2.32. The molecule has 2 aromatic rings. The van der Waals surface area contributed by atoms with Gasteiger partial charge in [0.15, 0.2) is 0 Å². The fourth-order valence-corrected chi connectivity index (χ4v) is 4.57. The summed E-state index contributed by atoms with van der Waals surface area (Å²) in [6.45, 7) is 4.77. The van der Waals surface area contributed by atoms with E-state index in [1.807, 2.05) is 43.0 Å². The molecule has 0 N–H and O–H groups in total. The Kier molecular flexibility index (Phi) is 5.04. The first-order valence-electron chi connectivity index (χ1n) is 6.57. The van der Waals surface area contributed by atoms with Gasteiger partial charge in [-0.05, 0) is 30.9 Å². The standard InChI is InChI=1S/C14H18ClNO2S2/c1-3-19-10-6-9-16-11(2)14(20(15,17)18)12-7-4-5-8-13(12)16/h4-5,7-8H,3,6,9-10H2,1-2H3. The van der Waals surface area contributed by atoms with Crippen LogP contribution in [0, 0.1) is 6.92 Å². The second-order valence-corrected chi connectivity index (χ2v) is 8.47. The van der Waals surface area contributed by atoms with Crippen LogP contribution in [0.25, 0.3) is 10.9 Å². The van der Waals surface area contributed by atoms with Gasteiger partial charge in [-0.15, -0.1) is 0 Å². The lowest BCUT2D eigenvalue weighted by atomic mass is 10.2. The third-order valence-electron chi connectivity index (χ3n) is 3.29. The Morgan fingerprint density at radius 1 is 1.30 bits per heavy atom. The van der Waals surface area contributed by atoms with Crippen molar-refractivity contribution in [2.75, 3.05) is 11.5 Å². The number of thioether (sulfide) groups is 1. The summed E-state index contributed by atoms with van der Waals surface area (Å²) in [5.74, 6) is 2.18. The van der Waals surface area contributed by atoms with Crippen LogP contribution in [0.1, 0.15) is 19.0 Å². The van der Waals surface area contributed by atoms with E-state index in [1.165, 1.54) is 0 Å². The smallest absolute Gasteiger partial charge is 0.263 e. The maximum absolute atomic E-state index is 11.8. The molecule has 20 heavy (non-hydrogen) atoms. The van der Waals surface area contributed by atoms with Crippen molar-refractivity contribution in [2.45, 2.75) is 31.7 Å². The van der Waals surface area contributed by atoms with Gasteiger partial charge in [-0.3, -0.25) is 0 Å². The predicted octanol–water partition coefficient (Wildman–Crippen LogP) is 4.02. The van der Waals surface area contributed by atoms with Gasteiger partial charge in [0, 0.05) is 33.8 Å². The third kappa shape index (κ3) is 3.15. The Hall–Kier alpha value is -0.650. The normalized spacial score (nSPS) is 12.2. The number of fused-ring (bicyclic) bond motifs is 1. The topological polar surface area (TPSA) is 39.1 Å². The Morgan fingerprint density at radius 2 is 2.00 bits per heavy atom. The van der Waals surface area contributed by atoms with Crippen LogP contribution < -0.4 is 0 Å². The van der Waals surface area contributed by atoms with Crippen molar-refractivity contribution in [3.05, 3.63) is 30.0 Å². The van der Waals surface area contributed by atoms with E-state index in [-0.39, 0.29) is 4.90 Å². The number of aryl methyl sites for hydroxylation is 1. The van der Waals surface area contributed by atoms with Gasteiger partial charge in [-0.1, -0.05) is 25.1 Å². The molecule has 1 aromatic heterocycles. The van der Waals surface area contributed by atoms with Gasteiger partial charge in [-0.2, -0.15) is 11.8 Å². The number of rotatable bonds is 6. The number of hydrogen-bond donors (Lipinski definition) is 0. The Bertz CT molecular complexity index is 707. The van der Waals surface area contributed by atoms with Crippen LogP contribution in [-0.2, 0) is 15.6 Å². The number of hydrogen-bond acceptors (Lipinski definition) is 3. The number of nitrogens with zero attached hydrogens (tertiary/aromatic N) is 1. The van der Waals surface area contributed by atoms with E-state index in [0.717, 1.165) is 35.7 Å². The molecule has 1 aromatic carbocycles. The van der Waals surface area contributed by atoms with Crippen LogP contribution >= 0.6 is 22.4 Å². The number of para-hydroxylation sites is 1. The summed E-state index contributed by atoms with van der Waals surface area (Å²) >= 11 is 1.89. The molecule has 0 aliphatic carbocycles. The molecule has 0 saturated heterocycles. The number of benzene rings is 1. The van der Waals surface area contributed by atoms with Crippen LogP contribution in [0.5, 0.6) is 0 Å². The van der Waals surface area contributed by atoms with Gasteiger partial charge in [0.25, 0.3) is 9.05 Å². The minimum Gasteiger partial charge on any atom is -0.343 e. The molecule has 0 amide bonds. The van der Waals surface area contributed by atoms with E-state index in [1.54, 1.807) is 0 Å². The Labute approximate surface area is 128 Å². The zero-order valence-electron chi connectivity index (χ0n) is 11.6. The Morgan fingerprint density at radius 3 is 2.65 bits per heavy atom. The van der Waals surface area contributed by atoms with Crippen molar-refractivity contribution in [2.24, 2.45) is 0 Å². The van der Waals surface area contributed by atoms with E-state index >= 15 is 0 Å². The summed E-state index contributed by atoms with van der Waals surface area (Å²) in [5, 5.41) is 0.711. The van der Waals surface area contributed by atoms with Crippen LogP contribution in [0.3, 0.4) is 0 Å². The highest BCUT2D eigenvalue weighted by atomic mass is 35.7. The molecule has 0 aliphatic heterocycles. The van der Waals surface area contributed by atoms with Gasteiger partial charge in [0.2, 0.25) is 0 Å². The van der Waals surface area contributed by atoms with Gasteiger partial charge in [0.05, 0.1) is 0 Å². The quantitative estimate of drug-likeness (QED) is 0.592. The minimum absolute atomic E-state index is 0.248. The lowest BCUT2D eigenvalue weighted by Gasteiger charge is -2.08. The molecule has 1 heterocycles. The molecule has 2 rings (SSSR count). The first kappa shape index (κ1) is 15.7. The lowest BCUT2D eigenvalue weighted by molar-refractivity contribution is 0.607.